The molecular weight excluding hydrogens is 1100 g/mol. The van der Waals surface area contributed by atoms with E-state index in [9.17, 15) is 19.4 Å². The smallest absolute Gasteiger partial charge is 0.387 e. The van der Waals surface area contributed by atoms with Crippen LogP contribution < -0.4 is 5.32 Å². The number of carbonyl (C=O) groups excluding carboxylic acids is 1. The number of likely N-dealkylation sites (N-methyl/N-ethyl adjacent to an activating group) is 1. The molecule has 3 unspecified atom stereocenters. The molecular formula is C79H138N2O6P+. The van der Waals surface area contributed by atoms with Crippen molar-refractivity contribution in [3.05, 3.63) is 146 Å². The molecule has 0 aromatic carbocycles. The van der Waals surface area contributed by atoms with E-state index in [4.69, 9.17) is 9.05 Å². The molecule has 0 aliphatic heterocycles. The first-order valence-corrected chi connectivity index (χ1v) is 37.7. The number of carbonyl (C=O) groups is 1. The number of phosphoric ester groups is 1. The topological polar surface area (TPSA) is 105 Å². The van der Waals surface area contributed by atoms with Crippen molar-refractivity contribution < 1.29 is 32.9 Å². The molecule has 0 spiro atoms. The highest BCUT2D eigenvalue weighted by Crippen LogP contribution is 2.43. The summed E-state index contributed by atoms with van der Waals surface area (Å²) in [5.74, 6) is -0.195. The van der Waals surface area contributed by atoms with E-state index in [2.05, 4.69) is 153 Å². The highest BCUT2D eigenvalue weighted by molar-refractivity contribution is 7.47. The Kier molecular flexibility index (Phi) is 65.0. The van der Waals surface area contributed by atoms with Crippen molar-refractivity contribution >= 4 is 13.7 Å². The third kappa shape index (κ3) is 69.8. The van der Waals surface area contributed by atoms with Gasteiger partial charge in [0.1, 0.15) is 13.2 Å². The molecule has 0 rings (SSSR count). The van der Waals surface area contributed by atoms with Gasteiger partial charge in [-0.3, -0.25) is 13.8 Å². The zero-order valence-electron chi connectivity index (χ0n) is 57.7. The lowest BCUT2D eigenvalue weighted by Gasteiger charge is -2.25. The number of phosphoric acid groups is 1. The Hall–Kier alpha value is -3.62. The summed E-state index contributed by atoms with van der Waals surface area (Å²) in [6, 6.07) is -0.881. The van der Waals surface area contributed by atoms with E-state index < -0.39 is 20.0 Å². The van der Waals surface area contributed by atoms with Crippen molar-refractivity contribution in [3.63, 3.8) is 0 Å². The summed E-state index contributed by atoms with van der Waals surface area (Å²) in [6.07, 6.45) is 104. The third-order valence-corrected chi connectivity index (χ3v) is 16.5. The first-order chi connectivity index (χ1) is 43.0. The highest BCUT2D eigenvalue weighted by Gasteiger charge is 2.28. The van der Waals surface area contributed by atoms with E-state index in [0.29, 0.717) is 17.4 Å². The Morgan fingerprint density at radius 3 is 1.05 bits per heavy atom. The maximum Gasteiger partial charge on any atom is 0.472 e. The lowest BCUT2D eigenvalue weighted by molar-refractivity contribution is -0.870. The fraction of sp³-hybridized carbons (Fsp3) is 0.684. The second kappa shape index (κ2) is 67.8. The van der Waals surface area contributed by atoms with Gasteiger partial charge in [-0.15, -0.1) is 0 Å². The van der Waals surface area contributed by atoms with Gasteiger partial charge in [0.25, 0.3) is 0 Å². The molecule has 3 N–H and O–H groups in total. The zero-order chi connectivity index (χ0) is 64.1. The molecule has 0 aromatic heterocycles. The summed E-state index contributed by atoms with van der Waals surface area (Å²) in [4.78, 5) is 23.4. The number of rotatable bonds is 65. The van der Waals surface area contributed by atoms with Crippen LogP contribution in [0.1, 0.15) is 296 Å². The average Bonchev–Trinajstić information content (AvgIpc) is 3.71. The minimum atomic E-state index is -4.38. The van der Waals surface area contributed by atoms with E-state index in [1.54, 1.807) is 6.08 Å². The highest BCUT2D eigenvalue weighted by atomic mass is 31.2. The number of aliphatic hydroxyl groups excluding tert-OH is 1. The molecule has 0 fully saturated rings. The normalized spacial score (nSPS) is 14.5. The molecule has 0 aliphatic carbocycles. The summed E-state index contributed by atoms with van der Waals surface area (Å²) in [5.41, 5.74) is 0. The third-order valence-electron chi connectivity index (χ3n) is 15.5. The first-order valence-electron chi connectivity index (χ1n) is 36.2. The van der Waals surface area contributed by atoms with Crippen molar-refractivity contribution in [2.24, 2.45) is 0 Å². The summed E-state index contributed by atoms with van der Waals surface area (Å²) < 4.78 is 23.8. The van der Waals surface area contributed by atoms with E-state index in [1.165, 1.54) is 173 Å². The number of amides is 1. The Morgan fingerprint density at radius 2 is 0.693 bits per heavy atom. The van der Waals surface area contributed by atoms with Crippen molar-refractivity contribution in [1.29, 1.82) is 0 Å². The van der Waals surface area contributed by atoms with Crippen LogP contribution in [-0.4, -0.2) is 73.4 Å². The van der Waals surface area contributed by atoms with Crippen LogP contribution in [0, 0.1) is 0 Å². The van der Waals surface area contributed by atoms with E-state index in [1.807, 2.05) is 27.2 Å². The van der Waals surface area contributed by atoms with Crippen molar-refractivity contribution in [1.82, 2.24) is 5.32 Å². The number of hydrogen-bond acceptors (Lipinski definition) is 5. The predicted molar refractivity (Wildman–Crippen MR) is 387 cm³/mol. The predicted octanol–water partition coefficient (Wildman–Crippen LogP) is 23.6. The quantitative estimate of drug-likeness (QED) is 0.0243. The number of aliphatic hydroxyl groups is 1. The number of unbranched alkanes of at least 4 members (excludes halogenated alkanes) is 30. The number of quaternary nitrogens is 1. The van der Waals surface area contributed by atoms with Gasteiger partial charge >= 0.3 is 7.82 Å². The summed E-state index contributed by atoms with van der Waals surface area (Å²) in [5, 5.41) is 14.0. The Balaban J connectivity index is 4.12. The van der Waals surface area contributed by atoms with E-state index in [-0.39, 0.29) is 19.1 Å². The lowest BCUT2D eigenvalue weighted by atomic mass is 10.0. The second-order valence-electron chi connectivity index (χ2n) is 25.2. The van der Waals surface area contributed by atoms with Gasteiger partial charge in [-0.2, -0.15) is 0 Å². The Bertz CT molecular complexity index is 1950. The first kappa shape index (κ1) is 84.4. The lowest BCUT2D eigenvalue weighted by Crippen LogP contribution is -2.45. The monoisotopic (exact) mass is 1240 g/mol. The van der Waals surface area contributed by atoms with Gasteiger partial charge in [0.2, 0.25) is 5.91 Å². The molecule has 0 bridgehead atoms. The van der Waals surface area contributed by atoms with Crippen molar-refractivity contribution in [2.75, 3.05) is 40.9 Å². The average molecular weight is 1240 g/mol. The summed E-state index contributed by atoms with van der Waals surface area (Å²) in [6.45, 7) is 4.68. The largest absolute Gasteiger partial charge is 0.472 e. The molecule has 0 saturated carbocycles. The maximum absolute atomic E-state index is 13.1. The number of nitrogens with zero attached hydrogens (tertiary/aromatic N) is 1. The van der Waals surface area contributed by atoms with Gasteiger partial charge in [0.05, 0.1) is 39.9 Å². The maximum atomic E-state index is 13.1. The molecule has 0 radical (unpaired) electrons. The number of allylic oxidation sites excluding steroid dienone is 23. The molecule has 3 atom stereocenters. The van der Waals surface area contributed by atoms with Gasteiger partial charge in [-0.1, -0.05) is 320 Å². The fourth-order valence-electron chi connectivity index (χ4n) is 9.95. The SMILES string of the molecule is CC/C=C\C/C=C\C/C=C\C/C=C\C/C=C\C/C=C\C/C=C\C/C=C\C/C=C\CCCCCCCCCCCCCCCC(=O)NC(COP(=O)(O)OCC[N+](C)(C)C)C(O)/C=C/CC/C=C/CC/C=C/CCCCCCCCCCCCCCCCC. The molecule has 0 aromatic rings. The summed E-state index contributed by atoms with van der Waals surface area (Å²) in [7, 11) is 1.54. The van der Waals surface area contributed by atoms with Crippen molar-refractivity contribution in [3.8, 4) is 0 Å². The number of nitrogens with one attached hydrogen (secondary N) is 1. The van der Waals surface area contributed by atoms with Crippen LogP contribution >= 0.6 is 7.82 Å². The van der Waals surface area contributed by atoms with Crippen LogP contribution in [0.15, 0.2) is 146 Å². The molecule has 0 aliphatic rings. The van der Waals surface area contributed by atoms with Crippen LogP contribution in [-0.2, 0) is 18.4 Å². The number of hydrogen-bond donors (Lipinski definition) is 3. The minimum Gasteiger partial charge on any atom is -0.387 e. The molecule has 9 heteroatoms. The van der Waals surface area contributed by atoms with Gasteiger partial charge < -0.3 is 19.8 Å². The Morgan fingerprint density at radius 1 is 0.398 bits per heavy atom. The van der Waals surface area contributed by atoms with E-state index in [0.717, 1.165) is 103 Å². The van der Waals surface area contributed by atoms with Crippen LogP contribution in [0.2, 0.25) is 0 Å². The van der Waals surface area contributed by atoms with Crippen LogP contribution in [0.25, 0.3) is 0 Å². The minimum absolute atomic E-state index is 0.0477. The van der Waals surface area contributed by atoms with E-state index >= 15 is 0 Å². The molecule has 8 nitrogen and oxygen atoms in total. The fourth-order valence-corrected chi connectivity index (χ4v) is 10.7. The van der Waals surface area contributed by atoms with Crippen LogP contribution in [0.3, 0.4) is 0 Å². The second-order valence-corrected chi connectivity index (χ2v) is 26.7. The van der Waals surface area contributed by atoms with Gasteiger partial charge in [-0.05, 0) is 116 Å². The molecule has 1 amide bonds. The molecule has 88 heavy (non-hydrogen) atoms. The van der Waals surface area contributed by atoms with Gasteiger partial charge in [-0.25, -0.2) is 4.57 Å². The standard InChI is InChI=1S/C79H137N2O6P/c1-6-8-10-12-14-16-18-20-22-24-26-28-30-32-33-34-35-36-37-38-39-40-41-42-43-44-45-46-47-49-51-53-55-57-59-61-63-65-67-69-71-73-79(83)80-77(76-87-88(84,85)86-75-74-81(3,4)5)78(82)72-70-68-66-64-62-60-58-56-54-52-50-48-31-29-27-25-23-21-19-17-15-13-11-9-7-2/h8,10,14,16,20,22,26,28,32-33,35-36,38-39,41-42,44-45,54,56,62,64,70,72,77-78,82H,6-7,9,11-13,15,17-19,21,23-25,27,29-31,34,37,40,43,46-53,55,57-61,63,65-69,71,73-76H2,1-5H3,(H-,80,83,84,85)/p+1/b10-8-,16-14-,22-20-,28-26-,33-32-,36-35-,39-38-,42-41-,45-44-,56-54+,64-62+,72-70+. The Labute approximate surface area is 544 Å². The van der Waals surface area contributed by atoms with Gasteiger partial charge in [0, 0.05) is 6.42 Å². The van der Waals surface area contributed by atoms with Crippen LogP contribution in [0.5, 0.6) is 0 Å². The summed E-state index contributed by atoms with van der Waals surface area (Å²) >= 11 is 0. The van der Waals surface area contributed by atoms with Crippen molar-refractivity contribution in [2.45, 2.75) is 309 Å². The van der Waals surface area contributed by atoms with Gasteiger partial charge in [0.15, 0.2) is 0 Å². The molecule has 504 valence electrons. The zero-order valence-corrected chi connectivity index (χ0v) is 58.6. The molecule has 0 saturated heterocycles. The molecule has 0 heterocycles. The van der Waals surface area contributed by atoms with Crippen LogP contribution in [0.4, 0.5) is 0 Å².